The van der Waals surface area contributed by atoms with Crippen molar-refractivity contribution >= 4 is 5.91 Å². The Hall–Kier alpha value is -1.92. The van der Waals surface area contributed by atoms with Gasteiger partial charge in [0, 0.05) is 6.07 Å². The third kappa shape index (κ3) is 2.12. The van der Waals surface area contributed by atoms with E-state index in [9.17, 15) is 18.4 Å². The van der Waals surface area contributed by atoms with E-state index in [-0.39, 0.29) is 5.88 Å². The smallest absolute Gasteiger partial charge is 0.279 e. The van der Waals surface area contributed by atoms with Gasteiger partial charge in [-0.2, -0.15) is 0 Å². The van der Waals surface area contributed by atoms with Crippen LogP contribution >= 0.6 is 0 Å². The van der Waals surface area contributed by atoms with Crippen molar-refractivity contribution in [3.63, 3.8) is 0 Å². The molecule has 1 aromatic heterocycles. The molecular weight excluding hydrogens is 210 g/mol. The van der Waals surface area contributed by atoms with Crippen LogP contribution < -0.4 is 15.9 Å². The lowest BCUT2D eigenvalue weighted by molar-refractivity contribution is 0.0981. The Bertz CT molecular complexity index is 442. The van der Waals surface area contributed by atoms with Gasteiger partial charge in [0.05, 0.1) is 7.11 Å². The van der Waals surface area contributed by atoms with Crippen molar-refractivity contribution in [3.05, 3.63) is 27.5 Å². The Morgan fingerprint density at radius 1 is 1.60 bits per heavy atom. The lowest BCUT2D eigenvalue weighted by atomic mass is 10.2. The van der Waals surface area contributed by atoms with Crippen molar-refractivity contribution in [2.45, 2.75) is 6.43 Å². The second kappa shape index (κ2) is 4.07. The summed E-state index contributed by atoms with van der Waals surface area (Å²) in [5.41, 5.74) is 2.35. The third-order valence-electron chi connectivity index (χ3n) is 1.72. The third-order valence-corrected chi connectivity index (χ3v) is 1.72. The van der Waals surface area contributed by atoms with E-state index in [1.54, 1.807) is 0 Å². The lowest BCUT2D eigenvalue weighted by Crippen LogP contribution is -2.25. The topological polar surface area (TPSA) is 85.2 Å². The zero-order chi connectivity index (χ0) is 11.6. The Labute approximate surface area is 82.9 Å². The molecule has 0 aliphatic heterocycles. The molecule has 1 rings (SSSR count). The van der Waals surface area contributed by atoms with Gasteiger partial charge in [0.15, 0.2) is 11.3 Å². The van der Waals surface area contributed by atoms with E-state index in [0.717, 1.165) is 6.07 Å². The van der Waals surface area contributed by atoms with E-state index in [1.165, 1.54) is 7.11 Å². The molecule has 0 aliphatic rings. The first-order valence-corrected chi connectivity index (χ1v) is 3.86. The Balaban J connectivity index is 3.50. The van der Waals surface area contributed by atoms with Gasteiger partial charge in [0.25, 0.3) is 12.3 Å². The fourth-order valence-electron chi connectivity index (χ4n) is 1.08. The number of H-pyrrole nitrogens is 1. The minimum absolute atomic E-state index is 0.152. The molecule has 0 atom stereocenters. The molecule has 0 saturated heterocycles. The number of hydrogen-bond donors (Lipinski definition) is 2. The largest absolute Gasteiger partial charge is 0.482 e. The number of rotatable bonds is 3. The van der Waals surface area contributed by atoms with Crippen LogP contribution in [0.15, 0.2) is 10.9 Å². The zero-order valence-corrected chi connectivity index (χ0v) is 7.71. The van der Waals surface area contributed by atoms with Crippen LogP contribution in [-0.2, 0) is 0 Å². The second-order valence-corrected chi connectivity index (χ2v) is 2.66. The molecule has 0 radical (unpaired) electrons. The summed E-state index contributed by atoms with van der Waals surface area (Å²) in [7, 11) is 1.20. The number of halogens is 2. The molecule has 0 saturated carbocycles. The first kappa shape index (κ1) is 11.2. The number of carbonyl (C=O) groups excluding carboxylic acids is 1. The van der Waals surface area contributed by atoms with E-state index >= 15 is 0 Å². The van der Waals surface area contributed by atoms with Gasteiger partial charge in [-0.25, -0.2) is 8.78 Å². The molecule has 0 unspecified atom stereocenters. The molecule has 1 amide bonds. The van der Waals surface area contributed by atoms with Crippen LogP contribution in [0.1, 0.15) is 22.5 Å². The van der Waals surface area contributed by atoms with Crippen molar-refractivity contribution in [3.8, 4) is 5.88 Å². The summed E-state index contributed by atoms with van der Waals surface area (Å²) >= 11 is 0. The van der Waals surface area contributed by atoms with Crippen molar-refractivity contribution < 1.29 is 18.3 Å². The van der Waals surface area contributed by atoms with Crippen molar-refractivity contribution in [1.82, 2.24) is 4.98 Å². The Kier molecular flexibility index (Phi) is 3.03. The molecular formula is C8H8F2N2O3. The predicted octanol–water partition coefficient (Wildman–Crippen LogP) is 0.420. The number of ether oxygens (including phenoxy) is 1. The van der Waals surface area contributed by atoms with E-state index in [1.807, 2.05) is 0 Å². The molecule has 7 heteroatoms. The van der Waals surface area contributed by atoms with E-state index in [0.29, 0.717) is 0 Å². The number of nitrogens with one attached hydrogen (secondary N) is 1. The standard InChI is InChI=1S/C8H8F2N2O3/c1-15-4-2-3(13)5(8(11)14)6(12-4)7(9)10/h2,7H,1H3,(H2,11,14)(H,12,13). The molecule has 0 spiro atoms. The van der Waals surface area contributed by atoms with Crippen LogP contribution in [0.3, 0.4) is 0 Å². The average molecular weight is 218 g/mol. The predicted molar refractivity (Wildman–Crippen MR) is 47.1 cm³/mol. The SMILES string of the molecule is COc1cc(=O)c(C(N)=O)c(C(F)F)[nH]1. The van der Waals surface area contributed by atoms with Crippen molar-refractivity contribution in [1.29, 1.82) is 0 Å². The number of alkyl halides is 2. The normalized spacial score (nSPS) is 10.4. The quantitative estimate of drug-likeness (QED) is 0.770. The monoisotopic (exact) mass is 218 g/mol. The number of amides is 1. The summed E-state index contributed by atoms with van der Waals surface area (Å²) in [5.74, 6) is -1.35. The fourth-order valence-corrected chi connectivity index (χ4v) is 1.08. The number of aromatic amines is 1. The summed E-state index contributed by atoms with van der Waals surface area (Å²) in [5, 5.41) is 0. The van der Waals surface area contributed by atoms with Crippen LogP contribution in [0.4, 0.5) is 8.78 Å². The van der Waals surface area contributed by atoms with Gasteiger partial charge in [0.1, 0.15) is 11.3 Å². The first-order chi connectivity index (χ1) is 6.97. The summed E-state index contributed by atoms with van der Waals surface area (Å²) in [4.78, 5) is 24.1. The van der Waals surface area contributed by atoms with Crippen LogP contribution in [0.25, 0.3) is 0 Å². The highest BCUT2D eigenvalue weighted by atomic mass is 19.3. The fraction of sp³-hybridized carbons (Fsp3) is 0.250. The number of pyridine rings is 1. The second-order valence-electron chi connectivity index (χ2n) is 2.66. The van der Waals surface area contributed by atoms with Crippen molar-refractivity contribution in [2.75, 3.05) is 7.11 Å². The van der Waals surface area contributed by atoms with Crippen LogP contribution in [0.2, 0.25) is 0 Å². The number of nitrogens with two attached hydrogens (primary N) is 1. The van der Waals surface area contributed by atoms with Crippen LogP contribution in [0, 0.1) is 0 Å². The highest BCUT2D eigenvalue weighted by Crippen LogP contribution is 2.20. The Morgan fingerprint density at radius 3 is 2.60 bits per heavy atom. The molecule has 15 heavy (non-hydrogen) atoms. The van der Waals surface area contributed by atoms with E-state index in [2.05, 4.69) is 9.72 Å². The van der Waals surface area contributed by atoms with Crippen LogP contribution in [0.5, 0.6) is 5.88 Å². The van der Waals surface area contributed by atoms with E-state index in [4.69, 9.17) is 5.73 Å². The molecule has 0 bridgehead atoms. The number of hydrogen-bond acceptors (Lipinski definition) is 3. The minimum Gasteiger partial charge on any atom is -0.482 e. The van der Waals surface area contributed by atoms with Gasteiger partial charge in [-0.1, -0.05) is 0 Å². The zero-order valence-electron chi connectivity index (χ0n) is 7.71. The minimum atomic E-state index is -3.00. The molecule has 5 nitrogen and oxygen atoms in total. The summed E-state index contributed by atoms with van der Waals surface area (Å²) in [6, 6.07) is 0.881. The average Bonchev–Trinajstić information content (AvgIpc) is 2.15. The molecule has 82 valence electrons. The molecule has 1 aromatic rings. The molecule has 0 fully saturated rings. The Morgan fingerprint density at radius 2 is 2.20 bits per heavy atom. The molecule has 0 aliphatic carbocycles. The highest BCUT2D eigenvalue weighted by molar-refractivity contribution is 5.93. The van der Waals surface area contributed by atoms with Gasteiger partial charge >= 0.3 is 0 Å². The van der Waals surface area contributed by atoms with Gasteiger partial charge in [-0.3, -0.25) is 9.59 Å². The maximum absolute atomic E-state index is 12.5. The molecule has 1 heterocycles. The van der Waals surface area contributed by atoms with Gasteiger partial charge in [-0.15, -0.1) is 0 Å². The summed E-state index contributed by atoms with van der Waals surface area (Å²) in [6.07, 6.45) is -3.00. The number of methoxy groups -OCH3 is 1. The number of carbonyl (C=O) groups is 1. The highest BCUT2D eigenvalue weighted by Gasteiger charge is 2.21. The maximum atomic E-state index is 12.5. The summed E-state index contributed by atoms with van der Waals surface area (Å²) in [6.45, 7) is 0. The number of primary amides is 1. The van der Waals surface area contributed by atoms with Gasteiger partial charge in [0.2, 0.25) is 0 Å². The lowest BCUT2D eigenvalue weighted by Gasteiger charge is -2.07. The summed E-state index contributed by atoms with van der Waals surface area (Å²) < 4.78 is 29.5. The van der Waals surface area contributed by atoms with Crippen molar-refractivity contribution in [2.24, 2.45) is 5.73 Å². The number of aromatic nitrogens is 1. The molecule has 3 N–H and O–H groups in total. The molecule has 0 aromatic carbocycles. The maximum Gasteiger partial charge on any atom is 0.279 e. The van der Waals surface area contributed by atoms with Crippen LogP contribution in [-0.4, -0.2) is 18.0 Å². The first-order valence-electron chi connectivity index (χ1n) is 3.86. The van der Waals surface area contributed by atoms with Gasteiger partial charge in [-0.05, 0) is 0 Å². The van der Waals surface area contributed by atoms with Gasteiger partial charge < -0.3 is 15.5 Å². The van der Waals surface area contributed by atoms with E-state index < -0.39 is 29.0 Å².